The first-order chi connectivity index (χ1) is 12.1. The van der Waals surface area contributed by atoms with Gasteiger partial charge in [-0.05, 0) is 49.6 Å². The summed E-state index contributed by atoms with van der Waals surface area (Å²) in [5.41, 5.74) is 2.09. The third kappa shape index (κ3) is 4.10. The highest BCUT2D eigenvalue weighted by molar-refractivity contribution is 9.10. The van der Waals surface area contributed by atoms with E-state index in [-0.39, 0.29) is 5.91 Å². The predicted octanol–water partition coefficient (Wildman–Crippen LogP) is 5.35. The second kappa shape index (κ2) is 8.11. The molecule has 25 heavy (non-hydrogen) atoms. The van der Waals surface area contributed by atoms with Crippen molar-refractivity contribution < 1.29 is 9.53 Å². The van der Waals surface area contributed by atoms with Crippen molar-refractivity contribution in [1.82, 2.24) is 0 Å². The van der Waals surface area contributed by atoms with Gasteiger partial charge in [0, 0.05) is 17.6 Å². The molecule has 1 heterocycles. The minimum absolute atomic E-state index is 0.223. The number of ether oxygens (including phenoxy) is 1. The minimum atomic E-state index is -0.223. The van der Waals surface area contributed by atoms with Crippen molar-refractivity contribution >= 4 is 44.8 Å². The number of amides is 1. The fraction of sp³-hybridized carbons (Fsp3) is 0.316. The number of methoxy groups -OCH3 is 1. The lowest BCUT2D eigenvalue weighted by molar-refractivity contribution is 0.102. The topological polar surface area (TPSA) is 41.6 Å². The first-order valence-corrected chi connectivity index (χ1v) is 9.45. The molecule has 1 aliphatic rings. The van der Waals surface area contributed by atoms with Gasteiger partial charge in [-0.2, -0.15) is 0 Å². The van der Waals surface area contributed by atoms with E-state index in [9.17, 15) is 4.79 Å². The van der Waals surface area contributed by atoms with Crippen molar-refractivity contribution in [1.29, 1.82) is 0 Å². The largest absolute Gasteiger partial charge is 0.496 e. The molecule has 0 saturated carbocycles. The molecule has 1 amide bonds. The Morgan fingerprint density at radius 2 is 1.96 bits per heavy atom. The normalized spacial score (nSPS) is 14.3. The molecule has 0 aromatic heterocycles. The molecule has 6 heteroatoms. The Morgan fingerprint density at radius 1 is 1.20 bits per heavy atom. The van der Waals surface area contributed by atoms with E-state index in [2.05, 4.69) is 26.1 Å². The van der Waals surface area contributed by atoms with Crippen molar-refractivity contribution in [3.8, 4) is 5.75 Å². The molecule has 2 aromatic carbocycles. The van der Waals surface area contributed by atoms with Gasteiger partial charge in [0.15, 0.2) is 0 Å². The van der Waals surface area contributed by atoms with E-state index in [0.29, 0.717) is 16.3 Å². The maximum absolute atomic E-state index is 12.8. The third-order valence-electron chi connectivity index (χ3n) is 4.31. The summed E-state index contributed by atoms with van der Waals surface area (Å²) in [6.45, 7) is 1.90. The Balaban J connectivity index is 1.91. The molecule has 2 aromatic rings. The van der Waals surface area contributed by atoms with Crippen LogP contribution < -0.4 is 15.0 Å². The number of carbonyl (C=O) groups is 1. The number of nitrogens with one attached hydrogen (secondary N) is 1. The number of hydrogen-bond acceptors (Lipinski definition) is 3. The summed E-state index contributed by atoms with van der Waals surface area (Å²) in [4.78, 5) is 15.1. The van der Waals surface area contributed by atoms with Gasteiger partial charge in [-0.3, -0.25) is 4.79 Å². The average molecular weight is 424 g/mol. The lowest BCUT2D eigenvalue weighted by Gasteiger charge is -2.31. The van der Waals surface area contributed by atoms with Gasteiger partial charge in [0.2, 0.25) is 0 Å². The van der Waals surface area contributed by atoms with Gasteiger partial charge >= 0.3 is 0 Å². The summed E-state index contributed by atoms with van der Waals surface area (Å²) in [6, 6.07) is 11.0. The van der Waals surface area contributed by atoms with Crippen LogP contribution in [0, 0.1) is 0 Å². The van der Waals surface area contributed by atoms with E-state index in [0.717, 1.165) is 41.8 Å². The number of carbonyl (C=O) groups excluding carboxylic acids is 1. The number of piperidine rings is 1. The zero-order valence-electron chi connectivity index (χ0n) is 14.0. The van der Waals surface area contributed by atoms with Crippen LogP contribution in [-0.2, 0) is 0 Å². The van der Waals surface area contributed by atoms with Gasteiger partial charge in [-0.25, -0.2) is 0 Å². The smallest absolute Gasteiger partial charge is 0.259 e. The van der Waals surface area contributed by atoms with E-state index in [1.807, 2.05) is 24.3 Å². The highest BCUT2D eigenvalue weighted by Gasteiger charge is 2.20. The molecule has 0 unspecified atom stereocenters. The SMILES string of the molecule is COc1ccc(Br)cc1C(=O)Nc1cccc(Cl)c1N1CCCCC1. The van der Waals surface area contributed by atoms with Gasteiger partial charge in [0.25, 0.3) is 5.91 Å². The quantitative estimate of drug-likeness (QED) is 0.720. The summed E-state index contributed by atoms with van der Waals surface area (Å²) in [7, 11) is 1.55. The summed E-state index contributed by atoms with van der Waals surface area (Å²) in [6.07, 6.45) is 3.51. The Kier molecular flexibility index (Phi) is 5.86. The number of halogens is 2. The van der Waals surface area contributed by atoms with Crippen LogP contribution in [0.1, 0.15) is 29.6 Å². The molecule has 4 nitrogen and oxygen atoms in total. The average Bonchev–Trinajstić information content (AvgIpc) is 2.62. The van der Waals surface area contributed by atoms with Crippen molar-refractivity contribution in [2.24, 2.45) is 0 Å². The lowest BCUT2D eigenvalue weighted by atomic mass is 10.1. The van der Waals surface area contributed by atoms with Crippen LogP contribution in [0.2, 0.25) is 5.02 Å². The maximum atomic E-state index is 12.8. The molecule has 0 spiro atoms. The highest BCUT2D eigenvalue weighted by atomic mass is 79.9. The number of nitrogens with zero attached hydrogens (tertiary/aromatic N) is 1. The van der Waals surface area contributed by atoms with Crippen LogP contribution in [0.3, 0.4) is 0 Å². The van der Waals surface area contributed by atoms with E-state index >= 15 is 0 Å². The molecule has 1 saturated heterocycles. The first-order valence-electron chi connectivity index (χ1n) is 8.28. The maximum Gasteiger partial charge on any atom is 0.259 e. The summed E-state index contributed by atoms with van der Waals surface area (Å²) in [5, 5.41) is 3.65. The van der Waals surface area contributed by atoms with Crippen LogP contribution in [-0.4, -0.2) is 26.1 Å². The monoisotopic (exact) mass is 422 g/mol. The van der Waals surface area contributed by atoms with Crippen molar-refractivity contribution in [3.63, 3.8) is 0 Å². The number of rotatable bonds is 4. The Bertz CT molecular complexity index is 776. The number of benzene rings is 2. The van der Waals surface area contributed by atoms with Gasteiger partial charge in [0.05, 0.1) is 29.1 Å². The van der Waals surface area contributed by atoms with Crippen LogP contribution in [0.4, 0.5) is 11.4 Å². The minimum Gasteiger partial charge on any atom is -0.496 e. The van der Waals surface area contributed by atoms with Crippen LogP contribution in [0.25, 0.3) is 0 Å². The first kappa shape index (κ1) is 18.1. The molecule has 1 aliphatic heterocycles. The lowest BCUT2D eigenvalue weighted by Crippen LogP contribution is -2.30. The zero-order valence-corrected chi connectivity index (χ0v) is 16.4. The van der Waals surface area contributed by atoms with Crippen molar-refractivity contribution in [3.05, 3.63) is 51.5 Å². The van der Waals surface area contributed by atoms with Crippen LogP contribution in [0.15, 0.2) is 40.9 Å². The van der Waals surface area contributed by atoms with Gasteiger partial charge in [-0.15, -0.1) is 0 Å². The zero-order chi connectivity index (χ0) is 17.8. The molecule has 0 radical (unpaired) electrons. The van der Waals surface area contributed by atoms with Gasteiger partial charge in [0.1, 0.15) is 5.75 Å². The standard InChI is InChI=1S/C19H20BrClN2O2/c1-25-17-9-8-13(20)12-14(17)19(24)22-16-7-5-6-15(21)18(16)23-10-3-2-4-11-23/h5-9,12H,2-4,10-11H2,1H3,(H,22,24). The Morgan fingerprint density at radius 3 is 2.68 bits per heavy atom. The third-order valence-corrected chi connectivity index (χ3v) is 5.11. The molecule has 1 fully saturated rings. The van der Waals surface area contributed by atoms with Crippen LogP contribution in [0.5, 0.6) is 5.75 Å². The van der Waals surface area contributed by atoms with Crippen molar-refractivity contribution in [2.75, 3.05) is 30.4 Å². The molecule has 0 bridgehead atoms. The molecule has 1 N–H and O–H groups in total. The predicted molar refractivity (Wildman–Crippen MR) is 106 cm³/mol. The van der Waals surface area contributed by atoms with Crippen LogP contribution >= 0.6 is 27.5 Å². The molecular formula is C19H20BrClN2O2. The molecule has 0 atom stereocenters. The number of anilines is 2. The second-order valence-electron chi connectivity index (χ2n) is 5.98. The summed E-state index contributed by atoms with van der Waals surface area (Å²) in [5.74, 6) is 0.306. The fourth-order valence-corrected chi connectivity index (χ4v) is 3.76. The molecular weight excluding hydrogens is 404 g/mol. The Labute approximate surface area is 161 Å². The summed E-state index contributed by atoms with van der Waals surface area (Å²) >= 11 is 9.85. The highest BCUT2D eigenvalue weighted by Crippen LogP contribution is 2.36. The Hall–Kier alpha value is -1.72. The van der Waals surface area contributed by atoms with Gasteiger partial charge < -0.3 is 15.0 Å². The molecule has 132 valence electrons. The molecule has 3 rings (SSSR count). The van der Waals surface area contributed by atoms with E-state index in [1.54, 1.807) is 19.2 Å². The van der Waals surface area contributed by atoms with E-state index in [1.165, 1.54) is 6.42 Å². The molecule has 0 aliphatic carbocycles. The number of hydrogen-bond donors (Lipinski definition) is 1. The van der Waals surface area contributed by atoms with Gasteiger partial charge in [-0.1, -0.05) is 33.6 Å². The second-order valence-corrected chi connectivity index (χ2v) is 7.31. The summed E-state index contributed by atoms with van der Waals surface area (Å²) < 4.78 is 6.13. The van der Waals surface area contributed by atoms with Crippen molar-refractivity contribution in [2.45, 2.75) is 19.3 Å². The van der Waals surface area contributed by atoms with E-state index in [4.69, 9.17) is 16.3 Å². The fourth-order valence-electron chi connectivity index (χ4n) is 3.10. The number of para-hydroxylation sites is 1. The van der Waals surface area contributed by atoms with E-state index < -0.39 is 0 Å².